The zero-order valence-corrected chi connectivity index (χ0v) is 8.42. The van der Waals surface area contributed by atoms with Gasteiger partial charge in [0.2, 0.25) is 0 Å². The van der Waals surface area contributed by atoms with E-state index in [-0.39, 0.29) is 12.0 Å². The highest BCUT2D eigenvalue weighted by Crippen LogP contribution is 2.23. The van der Waals surface area contributed by atoms with Crippen molar-refractivity contribution in [2.45, 2.75) is 51.6 Å². The molecule has 0 spiro atoms. The van der Waals surface area contributed by atoms with E-state index < -0.39 is 5.97 Å². The predicted octanol–water partition coefficient (Wildman–Crippen LogP) is 1.63. The molecule has 1 fully saturated rings. The van der Waals surface area contributed by atoms with E-state index in [1.165, 1.54) is 0 Å². The first-order valence-corrected chi connectivity index (χ1v) is 5.17. The van der Waals surface area contributed by atoms with Crippen LogP contribution in [0.2, 0.25) is 0 Å². The molecule has 0 amide bonds. The summed E-state index contributed by atoms with van der Waals surface area (Å²) in [6, 6.07) is 0.143. The van der Waals surface area contributed by atoms with Crippen LogP contribution in [0.15, 0.2) is 0 Å². The Morgan fingerprint density at radius 1 is 1.46 bits per heavy atom. The summed E-state index contributed by atoms with van der Waals surface area (Å²) in [6.45, 7) is 4.11. The van der Waals surface area contributed by atoms with Crippen molar-refractivity contribution < 1.29 is 9.90 Å². The minimum Gasteiger partial charge on any atom is -0.480 e. The van der Waals surface area contributed by atoms with Crippen LogP contribution in [0.25, 0.3) is 0 Å². The first-order valence-electron chi connectivity index (χ1n) is 5.17. The first-order chi connectivity index (χ1) is 6.19. The van der Waals surface area contributed by atoms with Crippen LogP contribution in [-0.4, -0.2) is 23.2 Å². The Balaban J connectivity index is 2.47. The average molecular weight is 185 g/mol. The summed E-state index contributed by atoms with van der Waals surface area (Å²) in [5, 5.41) is 12.2. The Kier molecular flexibility index (Phi) is 3.72. The fraction of sp³-hybridized carbons (Fsp3) is 0.900. The Morgan fingerprint density at radius 3 is 2.31 bits per heavy atom. The van der Waals surface area contributed by atoms with E-state index in [1.807, 2.05) is 0 Å². The van der Waals surface area contributed by atoms with Crippen molar-refractivity contribution in [2.24, 2.45) is 5.92 Å². The second-order valence-electron chi connectivity index (χ2n) is 3.83. The fourth-order valence-corrected chi connectivity index (χ4v) is 1.67. The second-order valence-corrected chi connectivity index (χ2v) is 3.83. The molecule has 76 valence electrons. The van der Waals surface area contributed by atoms with Gasteiger partial charge in [-0.05, 0) is 18.8 Å². The highest BCUT2D eigenvalue weighted by atomic mass is 16.4. The van der Waals surface area contributed by atoms with Crippen LogP contribution in [-0.2, 0) is 4.79 Å². The number of hydrogen-bond acceptors (Lipinski definition) is 2. The number of hydrogen-bond donors (Lipinski definition) is 2. The Bertz CT molecular complexity index is 174. The van der Waals surface area contributed by atoms with E-state index in [2.05, 4.69) is 19.2 Å². The molecule has 1 rings (SSSR count). The molecular formula is C10H19NO2. The number of carbonyl (C=O) groups is 1. The highest BCUT2D eigenvalue weighted by molar-refractivity contribution is 5.74. The molecule has 0 aromatic rings. The summed E-state index contributed by atoms with van der Waals surface area (Å²) >= 11 is 0. The van der Waals surface area contributed by atoms with Crippen LogP contribution in [0.1, 0.15) is 39.5 Å². The maximum atomic E-state index is 11.0. The molecule has 1 aliphatic rings. The van der Waals surface area contributed by atoms with Gasteiger partial charge in [0.15, 0.2) is 0 Å². The van der Waals surface area contributed by atoms with Gasteiger partial charge in [-0.25, -0.2) is 0 Å². The van der Waals surface area contributed by atoms with Crippen LogP contribution in [0.3, 0.4) is 0 Å². The van der Waals surface area contributed by atoms with Crippen molar-refractivity contribution in [1.82, 2.24) is 5.32 Å². The molecule has 1 aliphatic carbocycles. The van der Waals surface area contributed by atoms with Crippen LogP contribution in [0.5, 0.6) is 0 Å². The van der Waals surface area contributed by atoms with E-state index >= 15 is 0 Å². The molecule has 0 aromatic heterocycles. The maximum Gasteiger partial charge on any atom is 0.320 e. The lowest BCUT2D eigenvalue weighted by Gasteiger charge is -2.22. The lowest BCUT2D eigenvalue weighted by Crippen LogP contribution is -2.43. The standard InChI is InChI=1S/C10H19NO2/c1-3-7(4-2)9(10(12)13)11-8-5-6-8/h7-9,11H,3-6H2,1-2H3,(H,12,13). The predicted molar refractivity (Wildman–Crippen MR) is 51.7 cm³/mol. The molecule has 0 heterocycles. The third-order valence-corrected chi connectivity index (χ3v) is 2.78. The van der Waals surface area contributed by atoms with Gasteiger partial charge in [0.05, 0.1) is 0 Å². The van der Waals surface area contributed by atoms with Gasteiger partial charge in [-0.3, -0.25) is 4.79 Å². The molecule has 13 heavy (non-hydrogen) atoms. The highest BCUT2D eigenvalue weighted by Gasteiger charge is 2.31. The van der Waals surface area contributed by atoms with E-state index in [0.717, 1.165) is 25.7 Å². The summed E-state index contributed by atoms with van der Waals surface area (Å²) in [6.07, 6.45) is 4.16. The van der Waals surface area contributed by atoms with Crippen molar-refractivity contribution in [1.29, 1.82) is 0 Å². The number of rotatable bonds is 6. The monoisotopic (exact) mass is 185 g/mol. The summed E-state index contributed by atoms with van der Waals surface area (Å²) < 4.78 is 0. The van der Waals surface area contributed by atoms with Crippen LogP contribution in [0.4, 0.5) is 0 Å². The number of nitrogens with one attached hydrogen (secondary N) is 1. The smallest absolute Gasteiger partial charge is 0.320 e. The lowest BCUT2D eigenvalue weighted by molar-refractivity contribution is -0.141. The van der Waals surface area contributed by atoms with Gasteiger partial charge in [-0.2, -0.15) is 0 Å². The first kappa shape index (κ1) is 10.5. The van der Waals surface area contributed by atoms with Gasteiger partial charge in [0.25, 0.3) is 0 Å². The van der Waals surface area contributed by atoms with Gasteiger partial charge in [0.1, 0.15) is 6.04 Å². The molecule has 0 radical (unpaired) electrons. The van der Waals surface area contributed by atoms with Crippen LogP contribution < -0.4 is 5.32 Å². The molecule has 3 heteroatoms. The van der Waals surface area contributed by atoms with Crippen molar-refractivity contribution in [3.8, 4) is 0 Å². The van der Waals surface area contributed by atoms with E-state index in [4.69, 9.17) is 5.11 Å². The van der Waals surface area contributed by atoms with Gasteiger partial charge < -0.3 is 10.4 Å². The summed E-state index contributed by atoms with van der Waals surface area (Å²) in [5.74, 6) is -0.418. The third-order valence-electron chi connectivity index (χ3n) is 2.78. The molecular weight excluding hydrogens is 166 g/mol. The van der Waals surface area contributed by atoms with Crippen molar-refractivity contribution in [2.75, 3.05) is 0 Å². The number of carboxylic acids is 1. The van der Waals surface area contributed by atoms with Crippen molar-refractivity contribution in [3.63, 3.8) is 0 Å². The van der Waals surface area contributed by atoms with Gasteiger partial charge in [-0.15, -0.1) is 0 Å². The molecule has 2 N–H and O–H groups in total. The van der Waals surface area contributed by atoms with Crippen molar-refractivity contribution in [3.05, 3.63) is 0 Å². The van der Waals surface area contributed by atoms with E-state index in [0.29, 0.717) is 6.04 Å². The molecule has 1 unspecified atom stereocenters. The van der Waals surface area contributed by atoms with Crippen LogP contribution >= 0.6 is 0 Å². The molecule has 1 atom stereocenters. The lowest BCUT2D eigenvalue weighted by atomic mass is 9.94. The average Bonchev–Trinajstić information content (AvgIpc) is 2.88. The number of carboxylic acid groups (broad SMARTS) is 1. The molecule has 0 bridgehead atoms. The summed E-state index contributed by atoms with van der Waals surface area (Å²) in [4.78, 5) is 11.0. The normalized spacial score (nSPS) is 19.0. The topological polar surface area (TPSA) is 49.3 Å². The van der Waals surface area contributed by atoms with E-state index in [1.54, 1.807) is 0 Å². The molecule has 0 aliphatic heterocycles. The Labute approximate surface area is 79.5 Å². The van der Waals surface area contributed by atoms with E-state index in [9.17, 15) is 4.79 Å². The van der Waals surface area contributed by atoms with Gasteiger partial charge in [0, 0.05) is 6.04 Å². The molecule has 1 saturated carbocycles. The summed E-state index contributed by atoms with van der Waals surface area (Å²) in [7, 11) is 0. The fourth-order valence-electron chi connectivity index (χ4n) is 1.67. The van der Waals surface area contributed by atoms with Crippen molar-refractivity contribution >= 4 is 5.97 Å². The summed E-state index contributed by atoms with van der Waals surface area (Å²) in [5.41, 5.74) is 0. The molecule has 0 aromatic carbocycles. The quantitative estimate of drug-likeness (QED) is 0.661. The zero-order chi connectivity index (χ0) is 9.84. The minimum absolute atomic E-state index is 0.276. The maximum absolute atomic E-state index is 11.0. The van der Waals surface area contributed by atoms with Gasteiger partial charge in [-0.1, -0.05) is 26.7 Å². The second kappa shape index (κ2) is 4.61. The number of aliphatic carboxylic acids is 1. The zero-order valence-electron chi connectivity index (χ0n) is 8.42. The molecule has 3 nitrogen and oxygen atoms in total. The van der Waals surface area contributed by atoms with Crippen LogP contribution in [0, 0.1) is 5.92 Å². The van der Waals surface area contributed by atoms with Gasteiger partial charge >= 0.3 is 5.97 Å². The minimum atomic E-state index is -0.694. The Morgan fingerprint density at radius 2 is 2.00 bits per heavy atom. The largest absolute Gasteiger partial charge is 0.480 e. The molecule has 0 saturated heterocycles. The Hall–Kier alpha value is -0.570. The SMILES string of the molecule is CCC(CC)C(NC1CC1)C(=O)O. The third kappa shape index (κ3) is 2.99.